The van der Waals surface area contributed by atoms with Crippen LogP contribution in [0.2, 0.25) is 5.02 Å². The van der Waals surface area contributed by atoms with Gasteiger partial charge in [0, 0.05) is 16.3 Å². The molecule has 6 heteroatoms. The van der Waals surface area contributed by atoms with Crippen molar-refractivity contribution in [2.45, 2.75) is 39.0 Å². The van der Waals surface area contributed by atoms with Gasteiger partial charge in [-0.05, 0) is 61.4 Å². The number of carbonyl (C=O) groups is 1. The summed E-state index contributed by atoms with van der Waals surface area (Å²) < 4.78 is 5.60. The Morgan fingerprint density at radius 1 is 1.42 bits per heavy atom. The average molecular weight is 389 g/mol. The van der Waals surface area contributed by atoms with E-state index in [1.165, 1.54) is 4.88 Å². The number of hydrogen-bond acceptors (Lipinski definition) is 4. The van der Waals surface area contributed by atoms with Crippen LogP contribution in [0.3, 0.4) is 0 Å². The molecule has 0 radical (unpaired) electrons. The molecule has 1 aliphatic rings. The van der Waals surface area contributed by atoms with Gasteiger partial charge in [0.25, 0.3) is 0 Å². The summed E-state index contributed by atoms with van der Waals surface area (Å²) in [6, 6.07) is 9.43. The normalized spacial score (nSPS) is 15.8. The highest BCUT2D eigenvalue weighted by molar-refractivity contribution is 7.16. The second-order valence-corrected chi connectivity index (χ2v) is 8.16. The first-order valence-corrected chi connectivity index (χ1v) is 9.99. The van der Waals surface area contributed by atoms with E-state index in [0.717, 1.165) is 30.6 Å². The second kappa shape index (κ2) is 8.57. The zero-order valence-corrected chi connectivity index (χ0v) is 16.3. The maximum atomic E-state index is 12.2. The number of nitrogens with zero attached hydrogens (tertiary/aromatic N) is 1. The summed E-state index contributed by atoms with van der Waals surface area (Å²) in [4.78, 5) is 13.5. The molecular formula is C20H21ClN2O2S. The van der Waals surface area contributed by atoms with E-state index >= 15 is 0 Å². The molecule has 3 rings (SSSR count). The van der Waals surface area contributed by atoms with Gasteiger partial charge in [-0.25, -0.2) is 0 Å². The van der Waals surface area contributed by atoms with Crippen molar-refractivity contribution >= 4 is 33.8 Å². The fourth-order valence-electron chi connectivity index (χ4n) is 3.10. The fourth-order valence-corrected chi connectivity index (χ4v) is 4.60. The molecule has 1 N–H and O–H groups in total. The third kappa shape index (κ3) is 4.57. The largest absolute Gasteiger partial charge is 0.494 e. The molecule has 0 saturated carbocycles. The Kier molecular flexibility index (Phi) is 6.18. The van der Waals surface area contributed by atoms with Crippen molar-refractivity contribution in [2.75, 3.05) is 11.9 Å². The Morgan fingerprint density at radius 2 is 2.19 bits per heavy atom. The van der Waals surface area contributed by atoms with Crippen LogP contribution in [-0.4, -0.2) is 12.5 Å². The van der Waals surface area contributed by atoms with Gasteiger partial charge in [-0.2, -0.15) is 5.26 Å². The Labute approximate surface area is 162 Å². The van der Waals surface area contributed by atoms with Crippen LogP contribution in [0.4, 0.5) is 5.00 Å². The van der Waals surface area contributed by atoms with Crippen molar-refractivity contribution in [1.29, 1.82) is 5.26 Å². The quantitative estimate of drug-likeness (QED) is 0.692. The molecule has 1 heterocycles. The van der Waals surface area contributed by atoms with E-state index in [-0.39, 0.29) is 5.91 Å². The van der Waals surface area contributed by atoms with Gasteiger partial charge in [0.1, 0.15) is 16.8 Å². The molecule has 1 atom stereocenters. The number of amides is 1. The molecular weight excluding hydrogens is 368 g/mol. The number of carbonyl (C=O) groups excluding carboxylic acids is 1. The monoisotopic (exact) mass is 388 g/mol. The first-order valence-electron chi connectivity index (χ1n) is 8.79. The first-order chi connectivity index (χ1) is 12.6. The minimum atomic E-state index is -0.0761. The highest BCUT2D eigenvalue weighted by atomic mass is 35.5. The molecule has 136 valence electrons. The van der Waals surface area contributed by atoms with Gasteiger partial charge in [-0.3, -0.25) is 4.79 Å². The molecule has 26 heavy (non-hydrogen) atoms. The van der Waals surface area contributed by atoms with E-state index in [1.54, 1.807) is 35.6 Å². The molecule has 2 aromatic rings. The average Bonchev–Trinajstić information content (AvgIpc) is 2.96. The van der Waals surface area contributed by atoms with Crippen LogP contribution in [-0.2, 0) is 17.6 Å². The van der Waals surface area contributed by atoms with Gasteiger partial charge in [0.05, 0.1) is 12.2 Å². The number of rotatable bonds is 6. The summed E-state index contributed by atoms with van der Waals surface area (Å²) >= 11 is 7.39. The Hall–Kier alpha value is -2.03. The third-order valence-corrected chi connectivity index (χ3v) is 5.93. The van der Waals surface area contributed by atoms with Crippen molar-refractivity contribution in [3.8, 4) is 11.8 Å². The van der Waals surface area contributed by atoms with Crippen LogP contribution in [0.25, 0.3) is 0 Å². The van der Waals surface area contributed by atoms with Crippen LogP contribution in [0, 0.1) is 17.2 Å². The van der Waals surface area contributed by atoms with Crippen LogP contribution >= 0.6 is 22.9 Å². The maximum Gasteiger partial charge on any atom is 0.225 e. The number of fused-ring (bicyclic) bond motifs is 1. The molecule has 1 aromatic carbocycles. The van der Waals surface area contributed by atoms with Gasteiger partial charge in [-0.1, -0.05) is 18.5 Å². The lowest BCUT2D eigenvalue weighted by Gasteiger charge is -2.17. The van der Waals surface area contributed by atoms with Crippen molar-refractivity contribution in [3.05, 3.63) is 45.3 Å². The SMILES string of the molecule is C[C@@H]1CCc2c(sc(NC(=O)CCCOc3ccc(Cl)cc3)c2C#N)C1. The molecule has 0 unspecified atom stereocenters. The molecule has 0 aliphatic heterocycles. The number of halogens is 1. The Bertz CT molecular complexity index is 824. The van der Waals surface area contributed by atoms with Crippen LogP contribution in [0.1, 0.15) is 42.2 Å². The highest BCUT2D eigenvalue weighted by Gasteiger charge is 2.24. The fraction of sp³-hybridized carbons (Fsp3) is 0.400. The predicted octanol–water partition coefficient (Wildman–Crippen LogP) is 5.20. The molecule has 0 spiro atoms. The highest BCUT2D eigenvalue weighted by Crippen LogP contribution is 2.39. The molecule has 0 fully saturated rings. The number of nitrogens with one attached hydrogen (secondary N) is 1. The third-order valence-electron chi connectivity index (χ3n) is 4.51. The van der Waals surface area contributed by atoms with E-state index in [4.69, 9.17) is 16.3 Å². The van der Waals surface area contributed by atoms with E-state index in [0.29, 0.717) is 41.0 Å². The predicted molar refractivity (Wildman–Crippen MR) is 105 cm³/mol. The summed E-state index contributed by atoms with van der Waals surface area (Å²) in [5, 5.41) is 13.8. The Morgan fingerprint density at radius 3 is 2.92 bits per heavy atom. The zero-order chi connectivity index (χ0) is 18.5. The summed E-state index contributed by atoms with van der Waals surface area (Å²) in [6.07, 6.45) is 4.00. The van der Waals surface area contributed by atoms with Crippen LogP contribution in [0.15, 0.2) is 24.3 Å². The van der Waals surface area contributed by atoms with Gasteiger partial charge < -0.3 is 10.1 Å². The zero-order valence-electron chi connectivity index (χ0n) is 14.7. The summed E-state index contributed by atoms with van der Waals surface area (Å²) in [5.74, 6) is 1.30. The van der Waals surface area contributed by atoms with E-state index in [9.17, 15) is 10.1 Å². The standard InChI is InChI=1S/C20H21ClN2O2S/c1-13-4-9-16-17(12-22)20(26-18(16)11-13)23-19(24)3-2-10-25-15-7-5-14(21)6-8-15/h5-8,13H,2-4,9-11H2,1H3,(H,23,24)/t13-/m1/s1. The number of anilines is 1. The van der Waals surface area contributed by atoms with Crippen LogP contribution in [0.5, 0.6) is 5.75 Å². The lowest BCUT2D eigenvalue weighted by molar-refractivity contribution is -0.116. The number of benzene rings is 1. The van der Waals surface area contributed by atoms with Gasteiger partial charge in [0.2, 0.25) is 5.91 Å². The van der Waals surface area contributed by atoms with Gasteiger partial charge >= 0.3 is 0 Å². The molecule has 0 bridgehead atoms. The summed E-state index contributed by atoms with van der Waals surface area (Å²) in [6.45, 7) is 2.69. The molecule has 4 nitrogen and oxygen atoms in total. The molecule has 1 aromatic heterocycles. The Balaban J connectivity index is 1.50. The molecule has 1 aliphatic carbocycles. The molecule has 0 saturated heterocycles. The lowest BCUT2D eigenvalue weighted by atomic mass is 9.89. The topological polar surface area (TPSA) is 62.1 Å². The van der Waals surface area contributed by atoms with Crippen LogP contribution < -0.4 is 10.1 Å². The lowest BCUT2D eigenvalue weighted by Crippen LogP contribution is -2.13. The number of nitriles is 1. The van der Waals surface area contributed by atoms with E-state index in [1.807, 2.05) is 0 Å². The van der Waals surface area contributed by atoms with Crippen molar-refractivity contribution in [3.63, 3.8) is 0 Å². The minimum absolute atomic E-state index is 0.0761. The van der Waals surface area contributed by atoms with E-state index < -0.39 is 0 Å². The maximum absolute atomic E-state index is 12.2. The summed E-state index contributed by atoms with van der Waals surface area (Å²) in [5.41, 5.74) is 1.79. The number of ether oxygens (including phenoxy) is 1. The second-order valence-electron chi connectivity index (χ2n) is 6.62. The number of hydrogen-bond donors (Lipinski definition) is 1. The molecule has 1 amide bonds. The van der Waals surface area contributed by atoms with Gasteiger partial charge in [-0.15, -0.1) is 11.3 Å². The van der Waals surface area contributed by atoms with E-state index in [2.05, 4.69) is 18.3 Å². The smallest absolute Gasteiger partial charge is 0.225 e. The first kappa shape index (κ1) is 18.8. The summed E-state index contributed by atoms with van der Waals surface area (Å²) in [7, 11) is 0. The van der Waals surface area contributed by atoms with Crippen molar-refractivity contribution < 1.29 is 9.53 Å². The van der Waals surface area contributed by atoms with Crippen molar-refractivity contribution in [2.24, 2.45) is 5.92 Å². The number of thiophene rings is 1. The minimum Gasteiger partial charge on any atom is -0.494 e. The van der Waals surface area contributed by atoms with Gasteiger partial charge in [0.15, 0.2) is 0 Å². The van der Waals surface area contributed by atoms with Crippen molar-refractivity contribution in [1.82, 2.24) is 0 Å².